The van der Waals surface area contributed by atoms with Crippen LogP contribution in [0.4, 0.5) is 5.82 Å². The molecule has 0 radical (unpaired) electrons. The van der Waals surface area contributed by atoms with Gasteiger partial charge in [-0.2, -0.15) is 11.8 Å². The van der Waals surface area contributed by atoms with Crippen molar-refractivity contribution in [3.63, 3.8) is 0 Å². The fraction of sp³-hybridized carbons (Fsp3) is 0.500. The summed E-state index contributed by atoms with van der Waals surface area (Å²) in [6.45, 7) is 2.56. The van der Waals surface area contributed by atoms with Crippen LogP contribution in [-0.2, 0) is 17.7 Å². The second kappa shape index (κ2) is 10.3. The molecule has 3 aromatic rings. The van der Waals surface area contributed by atoms with E-state index >= 15 is 0 Å². The molecule has 5 rings (SSSR count). The van der Waals surface area contributed by atoms with Gasteiger partial charge in [0.15, 0.2) is 17.7 Å². The lowest BCUT2D eigenvalue weighted by molar-refractivity contribution is -0.0289. The highest BCUT2D eigenvalue weighted by Gasteiger charge is 2.44. The first-order valence-corrected chi connectivity index (χ1v) is 12.8. The van der Waals surface area contributed by atoms with E-state index in [-0.39, 0.29) is 5.82 Å². The van der Waals surface area contributed by atoms with Crippen LogP contribution < -0.4 is 16.4 Å². The van der Waals surface area contributed by atoms with Gasteiger partial charge in [-0.25, -0.2) is 15.0 Å². The Labute approximate surface area is 206 Å². The lowest BCUT2D eigenvalue weighted by Crippen LogP contribution is -2.43. The predicted octanol–water partition coefficient (Wildman–Crippen LogP) is 0.718. The Hall–Kier alpha value is -1.99. The predicted molar refractivity (Wildman–Crippen MR) is 132 cm³/mol. The molecule has 10 nitrogen and oxygen atoms in total. The van der Waals surface area contributed by atoms with Crippen LogP contribution in [0.25, 0.3) is 11.2 Å². The number of aliphatic hydroxyl groups excluding tert-OH is 2. The van der Waals surface area contributed by atoms with Crippen molar-refractivity contribution in [3.8, 4) is 0 Å². The maximum atomic E-state index is 10.6. The molecule has 2 aromatic heterocycles. The summed E-state index contributed by atoms with van der Waals surface area (Å²) in [5.41, 5.74) is 9.37. The summed E-state index contributed by atoms with van der Waals surface area (Å²) in [6, 6.07) is 6.48. The van der Waals surface area contributed by atoms with Crippen molar-refractivity contribution in [1.29, 1.82) is 0 Å². The number of nitrogen functional groups attached to an aromatic ring is 1. The average Bonchev–Trinajstić information content (AvgIpc) is 3.38. The van der Waals surface area contributed by atoms with E-state index in [2.05, 4.69) is 31.7 Å². The standard InChI is InChI=1S/C22H28ClN7O3S/c23-14-2-1-12-6-15(26-7-13(12)5-14)8-25-3-4-34-9-16-18(31)19(32)22(33-16)30-11-29-17-20(24)27-10-28-21(17)30/h1-2,5,10-11,15-16,18-19,22,25-26,31-32H,3-4,6-9H2,(H2,24,27,28)/t15?,16-,18-,19-,22-/m1/s1. The van der Waals surface area contributed by atoms with Crippen molar-refractivity contribution in [1.82, 2.24) is 30.2 Å². The number of benzene rings is 1. The number of nitrogens with zero attached hydrogens (tertiary/aromatic N) is 4. The second-order valence-corrected chi connectivity index (χ2v) is 10.2. The molecule has 5 atom stereocenters. The van der Waals surface area contributed by atoms with Crippen LogP contribution in [0.2, 0.25) is 5.02 Å². The average molecular weight is 506 g/mol. The van der Waals surface area contributed by atoms with Gasteiger partial charge in [0, 0.05) is 42.2 Å². The zero-order valence-corrected chi connectivity index (χ0v) is 20.0. The van der Waals surface area contributed by atoms with Gasteiger partial charge in [-0.05, 0) is 29.7 Å². The number of rotatable bonds is 8. The first kappa shape index (κ1) is 23.7. The SMILES string of the molecule is Nc1ncnc2c1ncn2[C@@H]1O[C@H](CSCCNCC2Cc3ccc(Cl)cc3CN2)[C@@H](O)[C@H]1O. The highest BCUT2D eigenvalue weighted by molar-refractivity contribution is 7.99. The molecule has 0 amide bonds. The highest BCUT2D eigenvalue weighted by atomic mass is 35.5. The van der Waals surface area contributed by atoms with Crippen molar-refractivity contribution in [2.24, 2.45) is 0 Å². The maximum absolute atomic E-state index is 10.6. The van der Waals surface area contributed by atoms with Crippen LogP contribution in [0.5, 0.6) is 0 Å². The van der Waals surface area contributed by atoms with Gasteiger partial charge in [-0.15, -0.1) is 0 Å². The van der Waals surface area contributed by atoms with Crippen LogP contribution in [0, 0.1) is 0 Å². The molecule has 0 saturated carbocycles. The normalized spacial score (nSPS) is 26.7. The number of aromatic nitrogens is 4. The summed E-state index contributed by atoms with van der Waals surface area (Å²) in [4.78, 5) is 12.3. The second-order valence-electron chi connectivity index (χ2n) is 8.60. The Morgan fingerprint density at radius 1 is 1.24 bits per heavy atom. The number of fused-ring (bicyclic) bond motifs is 2. The van der Waals surface area contributed by atoms with E-state index < -0.39 is 24.5 Å². The molecule has 6 N–H and O–H groups in total. The number of hydrogen-bond donors (Lipinski definition) is 5. The smallest absolute Gasteiger partial charge is 0.167 e. The number of anilines is 1. The van der Waals surface area contributed by atoms with Gasteiger partial charge in [-0.3, -0.25) is 4.57 Å². The van der Waals surface area contributed by atoms with Crippen LogP contribution in [0.15, 0.2) is 30.9 Å². The van der Waals surface area contributed by atoms with Crippen molar-refractivity contribution in [2.75, 3.05) is 30.3 Å². The minimum absolute atomic E-state index is 0.258. The van der Waals surface area contributed by atoms with Crippen molar-refractivity contribution >= 4 is 40.3 Å². The zero-order chi connectivity index (χ0) is 23.7. The molecule has 1 aromatic carbocycles. The van der Waals surface area contributed by atoms with E-state index in [0.717, 1.165) is 36.8 Å². The largest absolute Gasteiger partial charge is 0.387 e. The molecule has 34 heavy (non-hydrogen) atoms. The van der Waals surface area contributed by atoms with Gasteiger partial charge >= 0.3 is 0 Å². The summed E-state index contributed by atoms with van der Waals surface area (Å²) < 4.78 is 7.58. The molecule has 2 aliphatic rings. The number of nitrogens with two attached hydrogens (primary N) is 1. The van der Waals surface area contributed by atoms with Crippen LogP contribution in [0.1, 0.15) is 17.4 Å². The molecule has 0 spiro atoms. The molecular weight excluding hydrogens is 478 g/mol. The minimum Gasteiger partial charge on any atom is -0.387 e. The number of thioether (sulfide) groups is 1. The van der Waals surface area contributed by atoms with Crippen molar-refractivity contribution < 1.29 is 14.9 Å². The summed E-state index contributed by atoms with van der Waals surface area (Å²) in [6.07, 6.45) is 0.452. The summed E-state index contributed by atoms with van der Waals surface area (Å²) in [7, 11) is 0. The van der Waals surface area contributed by atoms with E-state index in [1.54, 1.807) is 16.3 Å². The number of halogens is 1. The number of ether oxygens (including phenoxy) is 1. The topological polar surface area (TPSA) is 143 Å². The Morgan fingerprint density at radius 2 is 2.12 bits per heavy atom. The van der Waals surface area contributed by atoms with E-state index in [1.165, 1.54) is 23.8 Å². The molecule has 1 saturated heterocycles. The molecule has 0 aliphatic carbocycles. The van der Waals surface area contributed by atoms with Crippen LogP contribution in [0.3, 0.4) is 0 Å². The summed E-state index contributed by atoms with van der Waals surface area (Å²) in [5, 5.41) is 28.9. The molecule has 2 aliphatic heterocycles. The van der Waals surface area contributed by atoms with Crippen molar-refractivity contribution in [2.45, 2.75) is 43.5 Å². The quantitative estimate of drug-likeness (QED) is 0.278. The molecule has 182 valence electrons. The molecule has 1 fully saturated rings. The van der Waals surface area contributed by atoms with Crippen molar-refractivity contribution in [3.05, 3.63) is 47.0 Å². The van der Waals surface area contributed by atoms with Gasteiger partial charge < -0.3 is 31.3 Å². The van der Waals surface area contributed by atoms with Gasteiger partial charge in [0.25, 0.3) is 0 Å². The molecular formula is C22H28ClN7O3S. The van der Waals surface area contributed by atoms with E-state index in [1.807, 2.05) is 12.1 Å². The van der Waals surface area contributed by atoms with Gasteiger partial charge in [0.05, 0.1) is 12.4 Å². The maximum Gasteiger partial charge on any atom is 0.167 e. The van der Waals surface area contributed by atoms with E-state index in [9.17, 15) is 10.2 Å². The molecule has 0 bridgehead atoms. The molecule has 1 unspecified atom stereocenters. The fourth-order valence-corrected chi connectivity index (χ4v) is 5.63. The van der Waals surface area contributed by atoms with Gasteiger partial charge in [0.1, 0.15) is 24.1 Å². The Balaban J connectivity index is 1.06. The van der Waals surface area contributed by atoms with E-state index in [4.69, 9.17) is 22.1 Å². The number of hydrogen-bond acceptors (Lipinski definition) is 10. The number of imidazole rings is 1. The number of aliphatic hydroxyl groups is 2. The molecule has 4 heterocycles. The summed E-state index contributed by atoms with van der Waals surface area (Å²) >= 11 is 7.75. The van der Waals surface area contributed by atoms with Crippen LogP contribution >= 0.6 is 23.4 Å². The first-order chi connectivity index (χ1) is 16.5. The van der Waals surface area contributed by atoms with E-state index in [0.29, 0.717) is 23.0 Å². The summed E-state index contributed by atoms with van der Waals surface area (Å²) in [5.74, 6) is 1.69. The third kappa shape index (κ3) is 4.87. The minimum atomic E-state index is -1.09. The van der Waals surface area contributed by atoms with Gasteiger partial charge in [0.2, 0.25) is 0 Å². The third-order valence-corrected chi connectivity index (χ3v) is 7.60. The van der Waals surface area contributed by atoms with Gasteiger partial charge in [-0.1, -0.05) is 17.7 Å². The first-order valence-electron chi connectivity index (χ1n) is 11.2. The Kier molecular flexibility index (Phi) is 7.21. The Bertz CT molecular complexity index is 1150. The van der Waals surface area contributed by atoms with Crippen LogP contribution in [-0.4, -0.2) is 78.7 Å². The third-order valence-electron chi connectivity index (χ3n) is 6.31. The Morgan fingerprint density at radius 3 is 3.00 bits per heavy atom. The number of nitrogens with one attached hydrogen (secondary N) is 2. The monoisotopic (exact) mass is 505 g/mol. The molecule has 12 heteroatoms. The lowest BCUT2D eigenvalue weighted by Gasteiger charge is -2.26. The highest BCUT2D eigenvalue weighted by Crippen LogP contribution is 2.33. The zero-order valence-electron chi connectivity index (χ0n) is 18.5. The lowest BCUT2D eigenvalue weighted by atomic mass is 9.96. The fourth-order valence-electron chi connectivity index (χ4n) is 4.47.